The Labute approximate surface area is 192 Å². The number of nitrogens with one attached hydrogen (secondary N) is 1. The predicted octanol–water partition coefficient (Wildman–Crippen LogP) is 3.99. The quantitative estimate of drug-likeness (QED) is 0.331. The lowest BCUT2D eigenvalue weighted by atomic mass is 10.1. The van der Waals surface area contributed by atoms with Gasteiger partial charge in [0, 0.05) is 18.2 Å². The number of ether oxygens (including phenoxy) is 4. The van der Waals surface area contributed by atoms with E-state index < -0.39 is 5.91 Å². The van der Waals surface area contributed by atoms with Gasteiger partial charge in [-0.2, -0.15) is 5.26 Å². The van der Waals surface area contributed by atoms with Gasteiger partial charge in [0.25, 0.3) is 5.91 Å². The van der Waals surface area contributed by atoms with Crippen molar-refractivity contribution >= 4 is 23.6 Å². The molecule has 0 aliphatic carbocycles. The molecule has 0 aromatic heterocycles. The van der Waals surface area contributed by atoms with Crippen LogP contribution in [0.3, 0.4) is 0 Å². The lowest BCUT2D eigenvalue weighted by molar-refractivity contribution is -0.117. The summed E-state index contributed by atoms with van der Waals surface area (Å²) in [6.07, 6.45) is 6.65. The summed E-state index contributed by atoms with van der Waals surface area (Å²) >= 11 is 6.30. The highest BCUT2D eigenvalue weighted by Crippen LogP contribution is 2.37. The molecule has 0 bridgehead atoms. The molecular formula is C24H23ClN2O5. The van der Waals surface area contributed by atoms with Crippen molar-refractivity contribution in [3.05, 3.63) is 52.1 Å². The number of rotatable bonds is 10. The summed E-state index contributed by atoms with van der Waals surface area (Å²) < 4.78 is 21.5. The zero-order valence-electron chi connectivity index (χ0n) is 18.0. The van der Waals surface area contributed by atoms with E-state index in [9.17, 15) is 10.1 Å². The molecule has 0 aliphatic rings. The maximum absolute atomic E-state index is 12.6. The fourth-order valence-corrected chi connectivity index (χ4v) is 3.05. The summed E-state index contributed by atoms with van der Waals surface area (Å²) in [6, 6.07) is 10.3. The maximum atomic E-state index is 12.6. The zero-order chi connectivity index (χ0) is 23.5. The number of hydrogen-bond acceptors (Lipinski definition) is 6. The second-order valence-electron chi connectivity index (χ2n) is 6.29. The molecule has 0 fully saturated rings. The molecule has 2 aromatic rings. The van der Waals surface area contributed by atoms with Crippen molar-refractivity contribution in [2.45, 2.75) is 13.5 Å². The van der Waals surface area contributed by atoms with E-state index in [0.29, 0.717) is 35.2 Å². The van der Waals surface area contributed by atoms with E-state index in [1.807, 2.05) is 13.0 Å². The number of methoxy groups -OCH3 is 2. The Kier molecular flexibility index (Phi) is 9.28. The largest absolute Gasteiger partial charge is 0.497 e. The summed E-state index contributed by atoms with van der Waals surface area (Å²) in [7, 11) is 3.08. The molecule has 0 saturated heterocycles. The van der Waals surface area contributed by atoms with E-state index in [-0.39, 0.29) is 23.7 Å². The van der Waals surface area contributed by atoms with Gasteiger partial charge in [-0.05, 0) is 42.8 Å². The predicted molar refractivity (Wildman–Crippen MR) is 122 cm³/mol. The van der Waals surface area contributed by atoms with Crippen LogP contribution >= 0.6 is 11.6 Å². The number of carbonyl (C=O) groups is 1. The van der Waals surface area contributed by atoms with Gasteiger partial charge in [0.1, 0.15) is 29.7 Å². The van der Waals surface area contributed by atoms with Gasteiger partial charge in [-0.25, -0.2) is 0 Å². The molecule has 0 atom stereocenters. The van der Waals surface area contributed by atoms with Crippen molar-refractivity contribution in [1.82, 2.24) is 5.32 Å². The highest BCUT2D eigenvalue weighted by atomic mass is 35.5. The first kappa shape index (κ1) is 24.5. The molecule has 0 saturated carbocycles. The van der Waals surface area contributed by atoms with Crippen molar-refractivity contribution in [2.75, 3.05) is 27.4 Å². The number of halogens is 1. The first-order valence-electron chi connectivity index (χ1n) is 9.60. The fraction of sp³-hybridized carbons (Fsp3) is 0.250. The Morgan fingerprint density at radius 2 is 1.97 bits per heavy atom. The zero-order valence-corrected chi connectivity index (χ0v) is 18.8. The van der Waals surface area contributed by atoms with Gasteiger partial charge in [0.05, 0.1) is 25.8 Å². The minimum Gasteiger partial charge on any atom is -0.497 e. The van der Waals surface area contributed by atoms with Crippen molar-refractivity contribution < 1.29 is 23.7 Å². The summed E-state index contributed by atoms with van der Waals surface area (Å²) in [5.41, 5.74) is 1.13. The van der Waals surface area contributed by atoms with Crippen molar-refractivity contribution in [1.29, 1.82) is 5.26 Å². The van der Waals surface area contributed by atoms with E-state index >= 15 is 0 Å². The number of carbonyl (C=O) groups excluding carboxylic acids is 1. The Morgan fingerprint density at radius 3 is 2.59 bits per heavy atom. The van der Waals surface area contributed by atoms with E-state index in [1.54, 1.807) is 37.4 Å². The number of nitriles is 1. The van der Waals surface area contributed by atoms with Crippen LogP contribution in [0.25, 0.3) is 6.08 Å². The molecule has 2 aromatic carbocycles. The molecule has 7 nitrogen and oxygen atoms in total. The van der Waals surface area contributed by atoms with Crippen molar-refractivity contribution in [2.24, 2.45) is 0 Å². The number of amides is 1. The fourth-order valence-electron chi connectivity index (χ4n) is 2.77. The van der Waals surface area contributed by atoms with Crippen LogP contribution in [0, 0.1) is 23.7 Å². The molecule has 0 spiro atoms. The molecule has 0 heterocycles. The van der Waals surface area contributed by atoms with Crippen LogP contribution in [-0.2, 0) is 11.3 Å². The van der Waals surface area contributed by atoms with E-state index in [4.69, 9.17) is 37.0 Å². The average Bonchev–Trinajstić information content (AvgIpc) is 2.80. The number of benzene rings is 2. The maximum Gasteiger partial charge on any atom is 0.262 e. The van der Waals surface area contributed by atoms with Crippen LogP contribution in [0.1, 0.15) is 18.1 Å². The number of hydrogen-bond donors (Lipinski definition) is 1. The average molecular weight is 455 g/mol. The second-order valence-corrected chi connectivity index (χ2v) is 6.69. The molecule has 32 heavy (non-hydrogen) atoms. The molecule has 0 unspecified atom stereocenters. The summed E-state index contributed by atoms with van der Waals surface area (Å²) in [6.45, 7) is 2.36. The standard InChI is InChI=1S/C24H23ClN2O5/c1-5-9-32-23-20(25)11-16(12-22(23)31-6-2)10-18(14-26)24(28)27-15-17-7-8-19(29-3)13-21(17)30-4/h1,7-8,10-13H,6,9,15H2,2-4H3,(H,27,28)/b18-10+. The Bertz CT molecular complexity index is 1080. The molecular weight excluding hydrogens is 432 g/mol. The van der Waals surface area contributed by atoms with Gasteiger partial charge >= 0.3 is 0 Å². The molecule has 0 aliphatic heterocycles. The molecule has 1 N–H and O–H groups in total. The van der Waals surface area contributed by atoms with E-state index in [0.717, 1.165) is 5.56 Å². The SMILES string of the molecule is C#CCOc1c(Cl)cc(/C=C(\C#N)C(=O)NCc2ccc(OC)cc2OC)cc1OCC. The van der Waals surface area contributed by atoms with Crippen LogP contribution in [0.5, 0.6) is 23.0 Å². The van der Waals surface area contributed by atoms with Gasteiger partial charge in [0.15, 0.2) is 11.5 Å². The lowest BCUT2D eigenvalue weighted by Crippen LogP contribution is -2.24. The van der Waals surface area contributed by atoms with Crippen LogP contribution in [0.4, 0.5) is 0 Å². The summed E-state index contributed by atoms with van der Waals surface area (Å²) in [4.78, 5) is 12.6. The summed E-state index contributed by atoms with van der Waals surface area (Å²) in [5, 5.41) is 12.5. The first-order valence-corrected chi connectivity index (χ1v) is 9.98. The number of nitrogens with zero attached hydrogens (tertiary/aromatic N) is 1. The summed E-state index contributed by atoms with van der Waals surface area (Å²) in [5.74, 6) is 3.67. The molecule has 0 radical (unpaired) electrons. The van der Waals surface area contributed by atoms with Gasteiger partial charge in [-0.15, -0.1) is 6.42 Å². The van der Waals surface area contributed by atoms with E-state index in [1.165, 1.54) is 13.2 Å². The van der Waals surface area contributed by atoms with E-state index in [2.05, 4.69) is 11.2 Å². The van der Waals surface area contributed by atoms with Gasteiger partial charge in [0.2, 0.25) is 0 Å². The third-order valence-corrected chi connectivity index (χ3v) is 4.52. The minimum atomic E-state index is -0.549. The Balaban J connectivity index is 2.24. The molecule has 166 valence electrons. The van der Waals surface area contributed by atoms with Gasteiger partial charge < -0.3 is 24.3 Å². The normalized spacial score (nSPS) is 10.5. The lowest BCUT2D eigenvalue weighted by Gasteiger charge is -2.13. The van der Waals surface area contributed by atoms with Crippen molar-refractivity contribution in [3.8, 4) is 41.4 Å². The second kappa shape index (κ2) is 12.1. The molecule has 1 amide bonds. The third kappa shape index (κ3) is 6.34. The number of terminal acetylenes is 1. The van der Waals surface area contributed by atoms with Crippen LogP contribution < -0.4 is 24.3 Å². The smallest absolute Gasteiger partial charge is 0.262 e. The molecule has 8 heteroatoms. The Morgan fingerprint density at radius 1 is 1.19 bits per heavy atom. The van der Waals surface area contributed by atoms with Crippen LogP contribution in [0.2, 0.25) is 5.02 Å². The Hall–Kier alpha value is -3.81. The van der Waals surface area contributed by atoms with Crippen molar-refractivity contribution in [3.63, 3.8) is 0 Å². The first-order chi connectivity index (χ1) is 15.5. The monoisotopic (exact) mass is 454 g/mol. The van der Waals surface area contributed by atoms with Crippen LogP contribution in [0.15, 0.2) is 35.9 Å². The highest BCUT2D eigenvalue weighted by Gasteiger charge is 2.15. The third-order valence-electron chi connectivity index (χ3n) is 4.24. The highest BCUT2D eigenvalue weighted by molar-refractivity contribution is 6.32. The van der Waals surface area contributed by atoms with Crippen LogP contribution in [-0.4, -0.2) is 33.3 Å². The van der Waals surface area contributed by atoms with Gasteiger partial charge in [-0.3, -0.25) is 4.79 Å². The minimum absolute atomic E-state index is 0.0235. The topological polar surface area (TPSA) is 89.8 Å². The van der Waals surface area contributed by atoms with Gasteiger partial charge in [-0.1, -0.05) is 17.5 Å². The molecule has 2 rings (SSSR count).